The van der Waals surface area contributed by atoms with Crippen molar-refractivity contribution in [2.24, 2.45) is 0 Å². The van der Waals surface area contributed by atoms with Gasteiger partial charge >= 0.3 is 0 Å². The van der Waals surface area contributed by atoms with Gasteiger partial charge < -0.3 is 5.11 Å². The lowest BCUT2D eigenvalue weighted by molar-refractivity contribution is 0.276. The second-order valence-corrected chi connectivity index (χ2v) is 3.33. The Hall–Kier alpha value is -1.67. The van der Waals surface area contributed by atoms with Gasteiger partial charge in [0.15, 0.2) is 0 Å². The SMILES string of the molecule is OCc1cc(-c2ccccc2)ccc1F. The molecule has 0 aliphatic heterocycles. The quantitative estimate of drug-likeness (QED) is 0.793. The van der Waals surface area contributed by atoms with Gasteiger partial charge in [-0.2, -0.15) is 0 Å². The second kappa shape index (κ2) is 4.24. The number of rotatable bonds is 2. The first kappa shape index (κ1) is 9.87. The minimum atomic E-state index is -0.364. The summed E-state index contributed by atoms with van der Waals surface area (Å²) < 4.78 is 13.1. The fourth-order valence-corrected chi connectivity index (χ4v) is 1.51. The first-order valence-corrected chi connectivity index (χ1v) is 4.76. The Morgan fingerprint density at radius 3 is 2.33 bits per heavy atom. The van der Waals surface area contributed by atoms with Crippen LogP contribution >= 0.6 is 0 Å². The van der Waals surface area contributed by atoms with Crippen LogP contribution in [0.4, 0.5) is 4.39 Å². The molecule has 0 fully saturated rings. The molecule has 0 aromatic heterocycles. The molecule has 1 N–H and O–H groups in total. The van der Waals surface area contributed by atoms with Crippen molar-refractivity contribution in [3.63, 3.8) is 0 Å². The molecule has 2 heteroatoms. The predicted octanol–water partition coefficient (Wildman–Crippen LogP) is 2.99. The molecule has 1 nitrogen and oxygen atoms in total. The number of aliphatic hydroxyl groups is 1. The maximum absolute atomic E-state index is 13.1. The van der Waals surface area contributed by atoms with E-state index < -0.39 is 0 Å². The van der Waals surface area contributed by atoms with Gasteiger partial charge in [-0.05, 0) is 23.3 Å². The molecular formula is C13H11FO. The molecule has 76 valence electrons. The zero-order valence-electron chi connectivity index (χ0n) is 8.15. The van der Waals surface area contributed by atoms with Gasteiger partial charge in [0.2, 0.25) is 0 Å². The average Bonchev–Trinajstić information content (AvgIpc) is 2.31. The maximum Gasteiger partial charge on any atom is 0.128 e. The second-order valence-electron chi connectivity index (χ2n) is 3.33. The summed E-state index contributed by atoms with van der Waals surface area (Å²) in [6.45, 7) is -0.271. The van der Waals surface area contributed by atoms with E-state index in [0.29, 0.717) is 5.56 Å². The molecule has 2 aromatic rings. The standard InChI is InChI=1S/C13H11FO/c14-13-7-6-11(8-12(13)9-15)10-4-2-1-3-5-10/h1-8,15H,9H2. The summed E-state index contributed by atoms with van der Waals surface area (Å²) in [4.78, 5) is 0. The molecule has 2 rings (SSSR count). The molecule has 15 heavy (non-hydrogen) atoms. The lowest BCUT2D eigenvalue weighted by Crippen LogP contribution is -1.90. The van der Waals surface area contributed by atoms with E-state index >= 15 is 0 Å². The predicted molar refractivity (Wildman–Crippen MR) is 57.8 cm³/mol. The lowest BCUT2D eigenvalue weighted by atomic mass is 10.0. The summed E-state index contributed by atoms with van der Waals surface area (Å²) in [6.07, 6.45) is 0. The van der Waals surface area contributed by atoms with Crippen molar-refractivity contribution < 1.29 is 9.50 Å². The van der Waals surface area contributed by atoms with Gasteiger partial charge in [-0.25, -0.2) is 4.39 Å². The van der Waals surface area contributed by atoms with Crippen molar-refractivity contribution in [3.8, 4) is 11.1 Å². The van der Waals surface area contributed by atoms with Crippen LogP contribution in [-0.2, 0) is 6.61 Å². The fourth-order valence-electron chi connectivity index (χ4n) is 1.51. The van der Waals surface area contributed by atoms with Crippen LogP contribution in [0.3, 0.4) is 0 Å². The largest absolute Gasteiger partial charge is 0.392 e. The van der Waals surface area contributed by atoms with E-state index in [0.717, 1.165) is 11.1 Å². The average molecular weight is 202 g/mol. The van der Waals surface area contributed by atoms with E-state index in [9.17, 15) is 4.39 Å². The van der Waals surface area contributed by atoms with E-state index in [4.69, 9.17) is 5.11 Å². The van der Waals surface area contributed by atoms with E-state index in [1.807, 2.05) is 30.3 Å². The van der Waals surface area contributed by atoms with E-state index in [2.05, 4.69) is 0 Å². The zero-order valence-corrected chi connectivity index (χ0v) is 8.15. The fraction of sp³-hybridized carbons (Fsp3) is 0.0769. The molecule has 0 radical (unpaired) electrons. The summed E-state index contributed by atoms with van der Waals surface area (Å²) >= 11 is 0. The molecule has 0 bridgehead atoms. The smallest absolute Gasteiger partial charge is 0.128 e. The summed E-state index contributed by atoms with van der Waals surface area (Å²) in [6, 6.07) is 14.5. The van der Waals surface area contributed by atoms with Crippen molar-refractivity contribution in [3.05, 3.63) is 59.9 Å². The van der Waals surface area contributed by atoms with Crippen LogP contribution in [0.1, 0.15) is 5.56 Å². The Kier molecular flexibility index (Phi) is 2.79. The molecule has 0 heterocycles. The van der Waals surface area contributed by atoms with Crippen molar-refractivity contribution >= 4 is 0 Å². The third-order valence-electron chi connectivity index (χ3n) is 2.32. The highest BCUT2D eigenvalue weighted by Gasteiger charge is 2.03. The molecule has 0 atom stereocenters. The Morgan fingerprint density at radius 2 is 1.67 bits per heavy atom. The van der Waals surface area contributed by atoms with Crippen LogP contribution in [0.25, 0.3) is 11.1 Å². The molecule has 2 aromatic carbocycles. The van der Waals surface area contributed by atoms with E-state index in [1.54, 1.807) is 12.1 Å². The zero-order chi connectivity index (χ0) is 10.7. The molecule has 0 amide bonds. The molecule has 0 saturated heterocycles. The Labute approximate surface area is 87.8 Å². The van der Waals surface area contributed by atoms with Crippen molar-refractivity contribution in [2.75, 3.05) is 0 Å². The van der Waals surface area contributed by atoms with Gasteiger partial charge in [0.05, 0.1) is 6.61 Å². The molecule has 0 aliphatic rings. The maximum atomic E-state index is 13.1. The van der Waals surface area contributed by atoms with Crippen LogP contribution in [0.2, 0.25) is 0 Å². The molecular weight excluding hydrogens is 191 g/mol. The number of aliphatic hydroxyl groups excluding tert-OH is 1. The molecule has 0 unspecified atom stereocenters. The van der Waals surface area contributed by atoms with Gasteiger partial charge in [-0.1, -0.05) is 36.4 Å². The van der Waals surface area contributed by atoms with Gasteiger partial charge in [0.1, 0.15) is 5.82 Å². The lowest BCUT2D eigenvalue weighted by Gasteiger charge is -2.04. The number of hydrogen-bond donors (Lipinski definition) is 1. The first-order chi connectivity index (χ1) is 7.31. The van der Waals surface area contributed by atoms with Gasteiger partial charge in [-0.15, -0.1) is 0 Å². The monoisotopic (exact) mass is 202 g/mol. The van der Waals surface area contributed by atoms with Gasteiger partial charge in [0.25, 0.3) is 0 Å². The Balaban J connectivity index is 2.46. The molecule has 0 saturated carbocycles. The molecule has 0 aliphatic carbocycles. The van der Waals surface area contributed by atoms with Crippen LogP contribution < -0.4 is 0 Å². The highest BCUT2D eigenvalue weighted by atomic mass is 19.1. The molecule has 0 spiro atoms. The van der Waals surface area contributed by atoms with Crippen LogP contribution in [0.5, 0.6) is 0 Å². The Bertz CT molecular complexity index is 451. The third kappa shape index (κ3) is 2.05. The number of hydrogen-bond acceptors (Lipinski definition) is 1. The highest BCUT2D eigenvalue weighted by Crippen LogP contribution is 2.21. The van der Waals surface area contributed by atoms with Crippen LogP contribution in [0, 0.1) is 5.82 Å². The minimum absolute atomic E-state index is 0.271. The van der Waals surface area contributed by atoms with E-state index in [-0.39, 0.29) is 12.4 Å². The summed E-state index contributed by atoms with van der Waals surface area (Å²) in [7, 11) is 0. The van der Waals surface area contributed by atoms with Crippen molar-refractivity contribution in [1.29, 1.82) is 0 Å². The summed E-state index contributed by atoms with van der Waals surface area (Å²) in [5.74, 6) is -0.364. The summed E-state index contributed by atoms with van der Waals surface area (Å²) in [5.41, 5.74) is 2.27. The van der Waals surface area contributed by atoms with Crippen LogP contribution in [0.15, 0.2) is 48.5 Å². The normalized spacial score (nSPS) is 10.3. The minimum Gasteiger partial charge on any atom is -0.392 e. The van der Waals surface area contributed by atoms with Crippen molar-refractivity contribution in [1.82, 2.24) is 0 Å². The van der Waals surface area contributed by atoms with Crippen molar-refractivity contribution in [2.45, 2.75) is 6.61 Å². The number of benzene rings is 2. The van der Waals surface area contributed by atoms with Gasteiger partial charge in [-0.3, -0.25) is 0 Å². The van der Waals surface area contributed by atoms with Gasteiger partial charge in [0, 0.05) is 5.56 Å². The summed E-state index contributed by atoms with van der Waals surface area (Å²) in [5, 5.41) is 8.95. The number of halogens is 1. The third-order valence-corrected chi connectivity index (χ3v) is 2.32. The first-order valence-electron chi connectivity index (χ1n) is 4.76. The Morgan fingerprint density at radius 1 is 0.933 bits per heavy atom. The highest BCUT2D eigenvalue weighted by molar-refractivity contribution is 5.64. The topological polar surface area (TPSA) is 20.2 Å². The van der Waals surface area contributed by atoms with Crippen LogP contribution in [-0.4, -0.2) is 5.11 Å². The van der Waals surface area contributed by atoms with E-state index in [1.165, 1.54) is 6.07 Å².